The number of benzene rings is 2. The first-order valence-electron chi connectivity index (χ1n) is 6.97. The average molecular weight is 339 g/mol. The van der Waals surface area contributed by atoms with Crippen molar-refractivity contribution in [3.8, 4) is 0 Å². The minimum atomic E-state index is -0.750. The molecule has 0 bridgehead atoms. The molecule has 25 heavy (non-hydrogen) atoms. The Morgan fingerprint density at radius 1 is 0.760 bits per heavy atom. The molecule has 2 heterocycles. The molecule has 0 radical (unpaired) electrons. The van der Waals surface area contributed by atoms with Crippen molar-refractivity contribution >= 4 is 40.4 Å². The summed E-state index contributed by atoms with van der Waals surface area (Å²) in [5.74, 6) is -2.46. The summed E-state index contributed by atoms with van der Waals surface area (Å²) in [5.41, 5.74) is 1.27. The number of ketones is 2. The quantitative estimate of drug-likeness (QED) is 0.459. The predicted molar refractivity (Wildman–Crippen MR) is 85.5 cm³/mol. The van der Waals surface area contributed by atoms with Crippen LogP contribution in [0.1, 0.15) is 20.7 Å². The molecule has 2 aromatic rings. The van der Waals surface area contributed by atoms with E-state index in [2.05, 4.69) is 10.6 Å². The summed E-state index contributed by atoms with van der Waals surface area (Å²) in [4.78, 5) is 53.5. The van der Waals surface area contributed by atoms with Gasteiger partial charge in [-0.25, -0.2) is 0 Å². The van der Waals surface area contributed by atoms with Crippen molar-refractivity contribution < 1.29 is 24.1 Å². The predicted octanol–water partition coefficient (Wildman–Crippen LogP) is 1.55. The summed E-state index contributed by atoms with van der Waals surface area (Å²) in [7, 11) is 0. The lowest BCUT2D eigenvalue weighted by atomic mass is 10.1. The number of non-ortho nitro benzene ring substituents is 1. The number of fused-ring (bicyclic) bond motifs is 2. The molecule has 0 aromatic heterocycles. The normalized spacial score (nSPS) is 14.1. The van der Waals surface area contributed by atoms with Crippen molar-refractivity contribution in [3.63, 3.8) is 0 Å². The number of carbonyl (C=O) groups excluding carboxylic acids is 4. The number of Topliss-reactive ketones (excluding diaryl/α,β-unsaturated/α-hetero) is 2. The summed E-state index contributed by atoms with van der Waals surface area (Å²) < 4.78 is 0. The number of nitro groups is 1. The number of rotatable bonds is 1. The van der Waals surface area contributed by atoms with Crippen molar-refractivity contribution in [1.82, 2.24) is 0 Å². The van der Waals surface area contributed by atoms with E-state index in [-0.39, 0.29) is 11.3 Å². The highest BCUT2D eigenvalue weighted by atomic mass is 16.6. The SMILES string of the molecule is O=C1Nc2ccc([N+](=O)[O-])cc2C1=O.O=C1Nc2ccccc2C1=O. The molecule has 0 atom stereocenters. The third-order valence-electron chi connectivity index (χ3n) is 3.54. The van der Waals surface area contributed by atoms with Gasteiger partial charge in [0.1, 0.15) is 0 Å². The molecule has 2 aromatic carbocycles. The molecule has 124 valence electrons. The van der Waals surface area contributed by atoms with Crippen LogP contribution >= 0.6 is 0 Å². The topological polar surface area (TPSA) is 135 Å². The zero-order chi connectivity index (χ0) is 18.1. The number of nitrogens with zero attached hydrogens (tertiary/aromatic N) is 1. The summed E-state index contributed by atoms with van der Waals surface area (Å²) >= 11 is 0. The first-order valence-corrected chi connectivity index (χ1v) is 6.97. The van der Waals surface area contributed by atoms with Crippen LogP contribution in [-0.4, -0.2) is 28.3 Å². The van der Waals surface area contributed by atoms with Crippen LogP contribution in [0, 0.1) is 10.1 Å². The van der Waals surface area contributed by atoms with Gasteiger partial charge in [-0.1, -0.05) is 12.1 Å². The van der Waals surface area contributed by atoms with Gasteiger partial charge < -0.3 is 10.6 Å². The Bertz CT molecular complexity index is 966. The third-order valence-corrected chi connectivity index (χ3v) is 3.54. The molecule has 0 fully saturated rings. The number of nitro benzene ring substituents is 1. The van der Waals surface area contributed by atoms with E-state index in [9.17, 15) is 29.3 Å². The summed E-state index contributed by atoms with van der Waals surface area (Å²) in [6.07, 6.45) is 0. The summed E-state index contributed by atoms with van der Waals surface area (Å²) in [6.45, 7) is 0. The minimum Gasteiger partial charge on any atom is -0.318 e. The van der Waals surface area contributed by atoms with Gasteiger partial charge in [0.25, 0.3) is 29.1 Å². The van der Waals surface area contributed by atoms with Crippen LogP contribution in [0.3, 0.4) is 0 Å². The van der Waals surface area contributed by atoms with Crippen LogP contribution in [0.2, 0.25) is 0 Å². The van der Waals surface area contributed by atoms with Crippen LogP contribution in [-0.2, 0) is 9.59 Å². The van der Waals surface area contributed by atoms with Gasteiger partial charge in [0, 0.05) is 12.1 Å². The molecule has 0 saturated heterocycles. The smallest absolute Gasteiger partial charge is 0.296 e. The zero-order valence-electron chi connectivity index (χ0n) is 12.4. The maximum absolute atomic E-state index is 11.1. The van der Waals surface area contributed by atoms with E-state index in [0.29, 0.717) is 16.9 Å². The van der Waals surface area contributed by atoms with E-state index in [1.54, 1.807) is 24.3 Å². The van der Waals surface area contributed by atoms with Crippen LogP contribution in [0.5, 0.6) is 0 Å². The number of hydrogen-bond donors (Lipinski definition) is 2. The first kappa shape index (κ1) is 16.0. The highest BCUT2D eigenvalue weighted by Crippen LogP contribution is 2.26. The Morgan fingerprint density at radius 3 is 1.92 bits per heavy atom. The van der Waals surface area contributed by atoms with Crippen molar-refractivity contribution in [2.75, 3.05) is 10.6 Å². The van der Waals surface area contributed by atoms with Crippen LogP contribution in [0.4, 0.5) is 17.1 Å². The molecular formula is C16H9N3O6. The molecule has 2 aliphatic rings. The van der Waals surface area contributed by atoms with Gasteiger partial charge in [-0.3, -0.25) is 29.3 Å². The maximum Gasteiger partial charge on any atom is 0.296 e. The Morgan fingerprint density at radius 2 is 1.32 bits per heavy atom. The molecule has 2 aliphatic heterocycles. The fourth-order valence-electron chi connectivity index (χ4n) is 2.34. The molecule has 2 N–H and O–H groups in total. The molecular weight excluding hydrogens is 330 g/mol. The van der Waals surface area contributed by atoms with Gasteiger partial charge in [-0.15, -0.1) is 0 Å². The molecule has 0 spiro atoms. The molecule has 9 heteroatoms. The van der Waals surface area contributed by atoms with Crippen molar-refractivity contribution in [1.29, 1.82) is 0 Å². The second-order valence-electron chi connectivity index (χ2n) is 5.10. The second-order valence-corrected chi connectivity index (χ2v) is 5.10. The van der Waals surface area contributed by atoms with E-state index in [0.717, 1.165) is 6.07 Å². The number of nitrogens with one attached hydrogen (secondary N) is 2. The Balaban J connectivity index is 0.000000150. The van der Waals surface area contributed by atoms with E-state index in [4.69, 9.17) is 0 Å². The number of amides is 2. The van der Waals surface area contributed by atoms with E-state index in [1.165, 1.54) is 12.1 Å². The number of carbonyl (C=O) groups is 4. The Kier molecular flexibility index (Phi) is 3.82. The highest BCUT2D eigenvalue weighted by molar-refractivity contribution is 6.52. The maximum atomic E-state index is 11.1. The number of hydrogen-bond acceptors (Lipinski definition) is 6. The van der Waals surface area contributed by atoms with Crippen LogP contribution in [0.25, 0.3) is 0 Å². The van der Waals surface area contributed by atoms with E-state index in [1.807, 2.05) is 0 Å². The first-order chi connectivity index (χ1) is 11.9. The Labute approximate surface area is 139 Å². The third kappa shape index (κ3) is 2.85. The standard InChI is InChI=1S/C8H4N2O4.C8H5NO2/c11-7-5-3-4(10(13)14)1-2-6(5)9-8(7)12;10-7-5-3-1-2-4-6(5)9-8(7)11/h1-3H,(H,9,11,12);1-4H,(H,9,10,11). The monoisotopic (exact) mass is 339 g/mol. The van der Waals surface area contributed by atoms with Crippen molar-refractivity contribution in [2.24, 2.45) is 0 Å². The van der Waals surface area contributed by atoms with Gasteiger partial charge in [0.2, 0.25) is 0 Å². The highest BCUT2D eigenvalue weighted by Gasteiger charge is 2.29. The minimum absolute atomic E-state index is 0.0594. The fourth-order valence-corrected chi connectivity index (χ4v) is 2.34. The number of anilines is 2. The molecule has 0 saturated carbocycles. The largest absolute Gasteiger partial charge is 0.318 e. The van der Waals surface area contributed by atoms with Crippen LogP contribution < -0.4 is 10.6 Å². The summed E-state index contributed by atoms with van der Waals surface area (Å²) in [5, 5.41) is 15.1. The van der Waals surface area contributed by atoms with Gasteiger partial charge in [0.15, 0.2) is 0 Å². The van der Waals surface area contributed by atoms with Gasteiger partial charge in [-0.2, -0.15) is 0 Å². The second kappa shape index (κ2) is 5.96. The lowest BCUT2D eigenvalue weighted by Gasteiger charge is -1.95. The van der Waals surface area contributed by atoms with E-state index < -0.39 is 28.3 Å². The van der Waals surface area contributed by atoms with Crippen molar-refractivity contribution in [3.05, 3.63) is 63.7 Å². The fraction of sp³-hybridized carbons (Fsp3) is 0. The lowest BCUT2D eigenvalue weighted by molar-refractivity contribution is -0.384. The van der Waals surface area contributed by atoms with Crippen LogP contribution in [0.15, 0.2) is 42.5 Å². The van der Waals surface area contributed by atoms with Gasteiger partial charge in [-0.05, 0) is 18.2 Å². The van der Waals surface area contributed by atoms with E-state index >= 15 is 0 Å². The molecule has 0 unspecified atom stereocenters. The van der Waals surface area contributed by atoms with Gasteiger partial charge >= 0.3 is 0 Å². The lowest BCUT2D eigenvalue weighted by Crippen LogP contribution is -2.12. The summed E-state index contributed by atoms with van der Waals surface area (Å²) in [6, 6.07) is 10.5. The van der Waals surface area contributed by atoms with Gasteiger partial charge in [0.05, 0.1) is 27.4 Å². The molecule has 9 nitrogen and oxygen atoms in total. The molecule has 2 amide bonds. The van der Waals surface area contributed by atoms with Crippen molar-refractivity contribution in [2.45, 2.75) is 0 Å². The average Bonchev–Trinajstić information content (AvgIpc) is 3.05. The Hall–Kier alpha value is -3.88. The zero-order valence-corrected chi connectivity index (χ0v) is 12.4. The number of para-hydroxylation sites is 1. The molecule has 4 rings (SSSR count). The molecule has 0 aliphatic carbocycles.